The number of nitrogens with one attached hydrogen (secondary N) is 2. The number of amides is 1. The van der Waals surface area contributed by atoms with Crippen LogP contribution < -0.4 is 10.6 Å². The number of carbonyl (C=O) groups is 1. The number of aliphatic imine (C=N–C) groups is 1. The molecule has 0 saturated heterocycles. The zero-order valence-corrected chi connectivity index (χ0v) is 19.1. The number of halogens is 1. The summed E-state index contributed by atoms with van der Waals surface area (Å²) in [4.78, 5) is 18.7. The molecule has 0 radical (unpaired) electrons. The molecule has 0 atom stereocenters. The van der Waals surface area contributed by atoms with Crippen LogP contribution >= 0.6 is 24.0 Å². The Morgan fingerprint density at radius 2 is 2.00 bits per heavy atom. The largest absolute Gasteiger partial charge is 0.356 e. The molecule has 1 saturated carbocycles. The van der Waals surface area contributed by atoms with Crippen LogP contribution in [0.2, 0.25) is 0 Å². The second-order valence-electron chi connectivity index (χ2n) is 7.33. The molecule has 0 unspecified atom stereocenters. The van der Waals surface area contributed by atoms with E-state index in [0.29, 0.717) is 19.0 Å². The van der Waals surface area contributed by atoms with E-state index in [2.05, 4.69) is 25.8 Å². The van der Waals surface area contributed by atoms with Gasteiger partial charge in [0.15, 0.2) is 11.6 Å². The van der Waals surface area contributed by atoms with Gasteiger partial charge in [0.2, 0.25) is 5.91 Å². The van der Waals surface area contributed by atoms with E-state index in [1.807, 2.05) is 42.9 Å². The normalized spacial score (nSPS) is 15.9. The molecule has 2 aromatic heterocycles. The Kier molecular flexibility index (Phi) is 8.02. The monoisotopic (exact) mass is 499 g/mol. The lowest BCUT2D eigenvalue weighted by Crippen LogP contribution is -2.49. The van der Waals surface area contributed by atoms with Crippen LogP contribution in [0.25, 0.3) is 5.65 Å². The van der Waals surface area contributed by atoms with Crippen LogP contribution in [0.5, 0.6) is 0 Å². The molecule has 2 N–H and O–H groups in total. The van der Waals surface area contributed by atoms with Crippen molar-refractivity contribution in [3.63, 3.8) is 0 Å². The Bertz CT molecular complexity index is 811. The van der Waals surface area contributed by atoms with E-state index in [0.717, 1.165) is 43.6 Å². The highest BCUT2D eigenvalue weighted by atomic mass is 127. The summed E-state index contributed by atoms with van der Waals surface area (Å²) < 4.78 is 1.99. The molecule has 1 aliphatic carbocycles. The maximum Gasteiger partial charge on any atom is 0.230 e. The Hall–Kier alpha value is -1.91. The van der Waals surface area contributed by atoms with Gasteiger partial charge in [-0.25, -0.2) is 0 Å². The van der Waals surface area contributed by atoms with Crippen molar-refractivity contribution in [3.05, 3.63) is 30.2 Å². The molecule has 3 rings (SSSR count). The van der Waals surface area contributed by atoms with E-state index < -0.39 is 0 Å². The first-order valence-electron chi connectivity index (χ1n) is 9.51. The number of aromatic nitrogens is 3. The highest BCUT2D eigenvalue weighted by molar-refractivity contribution is 14.0. The molecule has 154 valence electrons. The van der Waals surface area contributed by atoms with E-state index in [1.165, 1.54) is 0 Å². The summed E-state index contributed by atoms with van der Waals surface area (Å²) >= 11 is 0. The number of rotatable bonds is 6. The number of nitrogens with zero attached hydrogens (tertiary/aromatic N) is 5. The summed E-state index contributed by atoms with van der Waals surface area (Å²) in [5.74, 6) is 1.82. The lowest BCUT2D eigenvalue weighted by Gasteiger charge is -2.31. The van der Waals surface area contributed by atoms with Gasteiger partial charge in [-0.15, -0.1) is 34.2 Å². The maximum atomic E-state index is 12.7. The summed E-state index contributed by atoms with van der Waals surface area (Å²) in [6.07, 6.45) is 6.77. The number of hydrogen-bond donors (Lipinski definition) is 2. The molecule has 1 amide bonds. The van der Waals surface area contributed by atoms with Crippen molar-refractivity contribution >= 4 is 41.5 Å². The topological polar surface area (TPSA) is 86.9 Å². The standard InChI is InChI=1S/C19H29N7O.HI/c1-20-18(22-14-19(10-5-6-11-19)17(27)25(2)3)21-12-9-16-24-23-15-8-4-7-13-26(15)16;/h4,7-8,13H,5-6,9-12,14H2,1-3H3,(H2,20,21,22);1H. The fourth-order valence-electron chi connectivity index (χ4n) is 3.82. The van der Waals surface area contributed by atoms with E-state index in [4.69, 9.17) is 0 Å². The van der Waals surface area contributed by atoms with Crippen molar-refractivity contribution in [2.45, 2.75) is 32.1 Å². The third kappa shape index (κ3) is 4.92. The molecule has 1 aliphatic rings. The summed E-state index contributed by atoms with van der Waals surface area (Å²) in [6.45, 7) is 1.29. The number of carbonyl (C=O) groups excluding carboxylic acids is 1. The maximum absolute atomic E-state index is 12.7. The Balaban J connectivity index is 0.00000280. The van der Waals surface area contributed by atoms with Crippen LogP contribution in [0.4, 0.5) is 0 Å². The summed E-state index contributed by atoms with van der Waals surface area (Å²) in [7, 11) is 5.41. The van der Waals surface area contributed by atoms with Crippen molar-refractivity contribution in [2.75, 3.05) is 34.2 Å². The van der Waals surface area contributed by atoms with Crippen molar-refractivity contribution in [1.29, 1.82) is 0 Å². The van der Waals surface area contributed by atoms with Gasteiger partial charge in [0.05, 0.1) is 5.41 Å². The highest BCUT2D eigenvalue weighted by Crippen LogP contribution is 2.38. The van der Waals surface area contributed by atoms with Gasteiger partial charge in [0.1, 0.15) is 5.82 Å². The van der Waals surface area contributed by atoms with E-state index in [-0.39, 0.29) is 35.3 Å². The minimum Gasteiger partial charge on any atom is -0.356 e. The first kappa shape index (κ1) is 22.4. The molecule has 0 aromatic carbocycles. The molecular formula is C19H30IN7O. The van der Waals surface area contributed by atoms with Gasteiger partial charge in [-0.1, -0.05) is 18.9 Å². The van der Waals surface area contributed by atoms with Gasteiger partial charge in [-0.05, 0) is 25.0 Å². The Morgan fingerprint density at radius 3 is 2.68 bits per heavy atom. The SMILES string of the molecule is CN=C(NCCc1nnc2ccccn12)NCC1(C(=O)N(C)C)CCCC1.I. The molecule has 0 bridgehead atoms. The summed E-state index contributed by atoms with van der Waals surface area (Å²) in [5.41, 5.74) is 0.532. The average molecular weight is 499 g/mol. The van der Waals surface area contributed by atoms with E-state index in [1.54, 1.807) is 11.9 Å². The predicted octanol–water partition coefficient (Wildman–Crippen LogP) is 1.70. The van der Waals surface area contributed by atoms with Crippen LogP contribution in [-0.2, 0) is 11.2 Å². The molecule has 8 nitrogen and oxygen atoms in total. The molecule has 9 heteroatoms. The first-order chi connectivity index (χ1) is 13.1. The zero-order valence-electron chi connectivity index (χ0n) is 16.8. The second-order valence-corrected chi connectivity index (χ2v) is 7.33. The van der Waals surface area contributed by atoms with Crippen molar-refractivity contribution in [1.82, 2.24) is 30.1 Å². The molecule has 28 heavy (non-hydrogen) atoms. The lowest BCUT2D eigenvalue weighted by molar-refractivity contribution is -0.138. The third-order valence-corrected chi connectivity index (χ3v) is 5.26. The fraction of sp³-hybridized carbons (Fsp3) is 0.579. The molecule has 2 heterocycles. The van der Waals surface area contributed by atoms with Gasteiger partial charge in [-0.2, -0.15) is 0 Å². The van der Waals surface area contributed by atoms with Crippen LogP contribution in [0.1, 0.15) is 31.5 Å². The van der Waals surface area contributed by atoms with Crippen molar-refractivity contribution < 1.29 is 4.79 Å². The number of guanidine groups is 1. The lowest BCUT2D eigenvalue weighted by atomic mass is 9.84. The van der Waals surface area contributed by atoms with Gasteiger partial charge >= 0.3 is 0 Å². The van der Waals surface area contributed by atoms with Crippen molar-refractivity contribution in [3.8, 4) is 0 Å². The number of fused-ring (bicyclic) bond motifs is 1. The Labute approximate surface area is 183 Å². The van der Waals surface area contributed by atoms with Crippen LogP contribution in [0.3, 0.4) is 0 Å². The van der Waals surface area contributed by atoms with Crippen LogP contribution in [-0.4, -0.2) is 65.6 Å². The van der Waals surface area contributed by atoms with Crippen LogP contribution in [0.15, 0.2) is 29.4 Å². The fourth-order valence-corrected chi connectivity index (χ4v) is 3.82. The average Bonchev–Trinajstić information content (AvgIpc) is 3.32. The van der Waals surface area contributed by atoms with Crippen LogP contribution in [0, 0.1) is 5.41 Å². The minimum atomic E-state index is -0.315. The third-order valence-electron chi connectivity index (χ3n) is 5.26. The van der Waals surface area contributed by atoms with Crippen molar-refractivity contribution in [2.24, 2.45) is 10.4 Å². The van der Waals surface area contributed by atoms with Gasteiger partial charge in [-0.3, -0.25) is 14.2 Å². The van der Waals surface area contributed by atoms with Gasteiger partial charge in [0, 0.05) is 46.9 Å². The molecular weight excluding hydrogens is 469 g/mol. The molecule has 0 aliphatic heterocycles. The molecule has 2 aromatic rings. The number of pyridine rings is 1. The highest BCUT2D eigenvalue weighted by Gasteiger charge is 2.42. The zero-order chi connectivity index (χ0) is 19.3. The Morgan fingerprint density at radius 1 is 1.25 bits per heavy atom. The number of hydrogen-bond acceptors (Lipinski definition) is 4. The second kappa shape index (κ2) is 10.0. The first-order valence-corrected chi connectivity index (χ1v) is 9.51. The van der Waals surface area contributed by atoms with E-state index >= 15 is 0 Å². The summed E-state index contributed by atoms with van der Waals surface area (Å²) in [6, 6.07) is 5.86. The van der Waals surface area contributed by atoms with Gasteiger partial charge in [0.25, 0.3) is 0 Å². The quantitative estimate of drug-likeness (QED) is 0.359. The minimum absolute atomic E-state index is 0. The predicted molar refractivity (Wildman–Crippen MR) is 121 cm³/mol. The van der Waals surface area contributed by atoms with E-state index in [9.17, 15) is 4.79 Å². The molecule has 0 spiro atoms. The van der Waals surface area contributed by atoms with Gasteiger partial charge < -0.3 is 15.5 Å². The summed E-state index contributed by atoms with van der Waals surface area (Å²) in [5, 5.41) is 15.1. The smallest absolute Gasteiger partial charge is 0.230 e. The molecule has 1 fully saturated rings.